The lowest BCUT2D eigenvalue weighted by atomic mass is 10.3. The Morgan fingerprint density at radius 2 is 2.29 bits per heavy atom. The molecule has 3 N–H and O–H groups in total. The van der Waals surface area contributed by atoms with Gasteiger partial charge in [-0.3, -0.25) is 4.79 Å². The molecule has 0 aromatic heterocycles. The second-order valence-electron chi connectivity index (χ2n) is 3.01. The first-order chi connectivity index (χ1) is 6.63. The van der Waals surface area contributed by atoms with Crippen LogP contribution in [0.5, 0.6) is 0 Å². The van der Waals surface area contributed by atoms with Crippen LogP contribution in [0, 0.1) is 0 Å². The molecule has 1 atom stereocenters. The summed E-state index contributed by atoms with van der Waals surface area (Å²) in [6.07, 6.45) is 1.99. The summed E-state index contributed by atoms with van der Waals surface area (Å²) in [4.78, 5) is 12.4. The summed E-state index contributed by atoms with van der Waals surface area (Å²) >= 11 is 1.64. The zero-order valence-electron chi connectivity index (χ0n) is 8.28. The molecule has 0 aliphatic carbocycles. The number of benzene rings is 1. The molecule has 0 saturated heterocycles. The Morgan fingerprint density at radius 1 is 1.57 bits per heavy atom. The minimum atomic E-state index is -0.479. The molecule has 0 fully saturated rings. The van der Waals surface area contributed by atoms with Gasteiger partial charge in [-0.2, -0.15) is 0 Å². The average Bonchev–Trinajstić information content (AvgIpc) is 2.18. The van der Waals surface area contributed by atoms with Crippen LogP contribution in [0.25, 0.3) is 0 Å². The third kappa shape index (κ3) is 3.05. The van der Waals surface area contributed by atoms with Crippen molar-refractivity contribution >= 4 is 23.4 Å². The molecule has 76 valence electrons. The van der Waals surface area contributed by atoms with Crippen molar-refractivity contribution in [1.29, 1.82) is 0 Å². The van der Waals surface area contributed by atoms with Crippen molar-refractivity contribution in [2.24, 2.45) is 5.73 Å². The number of nitrogens with one attached hydrogen (secondary N) is 1. The van der Waals surface area contributed by atoms with E-state index in [4.69, 9.17) is 5.73 Å². The van der Waals surface area contributed by atoms with Crippen molar-refractivity contribution in [2.45, 2.75) is 17.9 Å². The quantitative estimate of drug-likeness (QED) is 0.746. The Bertz CT molecular complexity index is 326. The molecule has 1 aromatic carbocycles. The van der Waals surface area contributed by atoms with E-state index < -0.39 is 6.04 Å². The lowest BCUT2D eigenvalue weighted by Gasteiger charge is -2.08. The summed E-state index contributed by atoms with van der Waals surface area (Å²) in [6.45, 7) is 1.66. The third-order valence-corrected chi connectivity index (χ3v) is 2.48. The smallest absolute Gasteiger partial charge is 0.240 e. The molecule has 3 nitrogen and oxygen atoms in total. The van der Waals surface area contributed by atoms with E-state index in [0.29, 0.717) is 0 Å². The molecule has 14 heavy (non-hydrogen) atoms. The van der Waals surface area contributed by atoms with Gasteiger partial charge in [-0.1, -0.05) is 6.07 Å². The van der Waals surface area contributed by atoms with Crippen LogP contribution in [0.2, 0.25) is 0 Å². The summed E-state index contributed by atoms with van der Waals surface area (Å²) in [5.41, 5.74) is 6.23. The first-order valence-electron chi connectivity index (χ1n) is 4.34. The van der Waals surface area contributed by atoms with E-state index in [1.807, 2.05) is 30.5 Å². The fourth-order valence-corrected chi connectivity index (χ4v) is 1.42. The Morgan fingerprint density at radius 3 is 2.86 bits per heavy atom. The summed E-state index contributed by atoms with van der Waals surface area (Å²) in [6, 6.07) is 7.19. The topological polar surface area (TPSA) is 55.1 Å². The Balaban J connectivity index is 2.72. The monoisotopic (exact) mass is 210 g/mol. The van der Waals surface area contributed by atoms with Crippen LogP contribution in [0.1, 0.15) is 6.92 Å². The van der Waals surface area contributed by atoms with Gasteiger partial charge in [0.25, 0.3) is 0 Å². The number of nitrogens with two attached hydrogens (primary N) is 1. The van der Waals surface area contributed by atoms with Gasteiger partial charge in [-0.25, -0.2) is 0 Å². The molecule has 0 unspecified atom stereocenters. The van der Waals surface area contributed by atoms with Crippen LogP contribution >= 0.6 is 11.8 Å². The largest absolute Gasteiger partial charge is 0.325 e. The molecular weight excluding hydrogens is 196 g/mol. The van der Waals surface area contributed by atoms with Gasteiger partial charge in [0.1, 0.15) is 0 Å². The fraction of sp³-hybridized carbons (Fsp3) is 0.300. The van der Waals surface area contributed by atoms with Gasteiger partial charge in [-0.15, -0.1) is 11.8 Å². The first-order valence-corrected chi connectivity index (χ1v) is 5.56. The maximum atomic E-state index is 11.3. The zero-order valence-corrected chi connectivity index (χ0v) is 9.10. The van der Waals surface area contributed by atoms with Gasteiger partial charge in [0, 0.05) is 10.6 Å². The molecule has 0 spiro atoms. The van der Waals surface area contributed by atoms with Gasteiger partial charge in [0.05, 0.1) is 6.04 Å². The van der Waals surface area contributed by atoms with Crippen molar-refractivity contribution in [1.82, 2.24) is 0 Å². The summed E-state index contributed by atoms with van der Waals surface area (Å²) in [5, 5.41) is 2.74. The van der Waals surface area contributed by atoms with E-state index in [1.165, 1.54) is 0 Å². The van der Waals surface area contributed by atoms with Gasteiger partial charge < -0.3 is 11.1 Å². The van der Waals surface area contributed by atoms with Crippen molar-refractivity contribution in [3.63, 3.8) is 0 Å². The minimum Gasteiger partial charge on any atom is -0.325 e. The highest BCUT2D eigenvalue weighted by Crippen LogP contribution is 2.18. The minimum absolute atomic E-state index is 0.164. The predicted molar refractivity (Wildman–Crippen MR) is 60.5 cm³/mol. The van der Waals surface area contributed by atoms with Crippen molar-refractivity contribution in [2.75, 3.05) is 11.6 Å². The highest BCUT2D eigenvalue weighted by molar-refractivity contribution is 7.98. The second kappa shape index (κ2) is 5.02. The third-order valence-electron chi connectivity index (χ3n) is 1.75. The molecule has 0 aliphatic heterocycles. The van der Waals surface area contributed by atoms with Gasteiger partial charge in [0.2, 0.25) is 5.91 Å². The molecule has 4 heteroatoms. The molecule has 0 radical (unpaired) electrons. The lowest BCUT2D eigenvalue weighted by molar-refractivity contribution is -0.117. The van der Waals surface area contributed by atoms with Crippen molar-refractivity contribution < 1.29 is 4.79 Å². The Kier molecular flexibility index (Phi) is 3.98. The number of carbonyl (C=O) groups is 1. The van der Waals surface area contributed by atoms with Crippen LogP contribution in [0.3, 0.4) is 0 Å². The van der Waals surface area contributed by atoms with Crippen LogP contribution in [0.4, 0.5) is 5.69 Å². The van der Waals surface area contributed by atoms with E-state index in [-0.39, 0.29) is 5.91 Å². The molecule has 0 aliphatic rings. The van der Waals surface area contributed by atoms with E-state index in [9.17, 15) is 4.79 Å². The molecule has 0 heterocycles. The molecule has 0 bridgehead atoms. The molecular formula is C10H14N2OS. The lowest BCUT2D eigenvalue weighted by Crippen LogP contribution is -2.32. The summed E-state index contributed by atoms with van der Waals surface area (Å²) in [7, 11) is 0. The van der Waals surface area contributed by atoms with Crippen LogP contribution in [0.15, 0.2) is 29.2 Å². The highest BCUT2D eigenvalue weighted by atomic mass is 32.2. The normalized spacial score (nSPS) is 12.2. The Hall–Kier alpha value is -1.00. The zero-order chi connectivity index (χ0) is 10.6. The Labute approximate surface area is 88.1 Å². The molecule has 1 amide bonds. The van der Waals surface area contributed by atoms with Crippen LogP contribution in [-0.4, -0.2) is 18.2 Å². The molecule has 1 aromatic rings. The maximum absolute atomic E-state index is 11.3. The number of thioether (sulfide) groups is 1. The molecule has 1 rings (SSSR count). The van der Waals surface area contributed by atoms with Gasteiger partial charge in [0.15, 0.2) is 0 Å². The summed E-state index contributed by atoms with van der Waals surface area (Å²) in [5.74, 6) is -0.164. The standard InChI is InChI=1S/C10H14N2OS/c1-7(11)10(13)12-8-4-3-5-9(6-8)14-2/h3-7H,11H2,1-2H3,(H,12,13)/t7-/m1/s1. The number of anilines is 1. The van der Waals surface area contributed by atoms with Crippen LogP contribution in [-0.2, 0) is 4.79 Å². The van der Waals surface area contributed by atoms with Crippen molar-refractivity contribution in [3.8, 4) is 0 Å². The first kappa shape index (κ1) is 11.1. The van der Waals surface area contributed by atoms with E-state index in [0.717, 1.165) is 10.6 Å². The SMILES string of the molecule is CSc1cccc(NC(=O)[C@@H](C)N)c1. The maximum Gasteiger partial charge on any atom is 0.240 e. The average molecular weight is 210 g/mol. The van der Waals surface area contributed by atoms with Crippen LogP contribution < -0.4 is 11.1 Å². The number of hydrogen-bond donors (Lipinski definition) is 2. The second-order valence-corrected chi connectivity index (χ2v) is 3.89. The van der Waals surface area contributed by atoms with E-state index in [2.05, 4.69) is 5.32 Å². The molecule has 0 saturated carbocycles. The van der Waals surface area contributed by atoms with Gasteiger partial charge >= 0.3 is 0 Å². The van der Waals surface area contributed by atoms with Gasteiger partial charge in [-0.05, 0) is 31.4 Å². The predicted octanol–water partition coefficient (Wildman–Crippen LogP) is 1.69. The van der Waals surface area contributed by atoms with E-state index in [1.54, 1.807) is 18.7 Å². The van der Waals surface area contributed by atoms with Crippen molar-refractivity contribution in [3.05, 3.63) is 24.3 Å². The number of carbonyl (C=O) groups excluding carboxylic acids is 1. The van der Waals surface area contributed by atoms with E-state index >= 15 is 0 Å². The highest BCUT2D eigenvalue weighted by Gasteiger charge is 2.06. The number of rotatable bonds is 3. The summed E-state index contributed by atoms with van der Waals surface area (Å²) < 4.78 is 0. The number of hydrogen-bond acceptors (Lipinski definition) is 3. The fourth-order valence-electron chi connectivity index (χ4n) is 0.957. The number of amides is 1.